The van der Waals surface area contributed by atoms with Gasteiger partial charge in [0.2, 0.25) is 0 Å². The SMILES string of the molecule is CC1CC(NC(=O)c2cn(-c3cccc(C(F)(F)F)c3)nn2)CCN1. The molecule has 1 aliphatic heterocycles. The molecule has 1 amide bonds. The monoisotopic (exact) mass is 353 g/mol. The first-order valence-corrected chi connectivity index (χ1v) is 7.97. The third-order valence-corrected chi connectivity index (χ3v) is 4.12. The zero-order valence-electron chi connectivity index (χ0n) is 13.5. The molecular weight excluding hydrogens is 335 g/mol. The molecule has 25 heavy (non-hydrogen) atoms. The van der Waals surface area contributed by atoms with Gasteiger partial charge in [-0.1, -0.05) is 11.3 Å². The Morgan fingerprint density at radius 1 is 1.40 bits per heavy atom. The minimum atomic E-state index is -4.44. The molecule has 2 unspecified atom stereocenters. The van der Waals surface area contributed by atoms with E-state index in [1.165, 1.54) is 18.3 Å². The highest BCUT2D eigenvalue weighted by atomic mass is 19.4. The third-order valence-electron chi connectivity index (χ3n) is 4.12. The lowest BCUT2D eigenvalue weighted by Gasteiger charge is -2.28. The van der Waals surface area contributed by atoms with Crippen LogP contribution in [0.2, 0.25) is 0 Å². The molecule has 2 N–H and O–H groups in total. The van der Waals surface area contributed by atoms with Crippen molar-refractivity contribution in [2.24, 2.45) is 0 Å². The fraction of sp³-hybridized carbons (Fsp3) is 0.438. The van der Waals surface area contributed by atoms with Crippen molar-refractivity contribution in [2.45, 2.75) is 38.0 Å². The van der Waals surface area contributed by atoms with Crippen molar-refractivity contribution in [3.05, 3.63) is 41.7 Å². The van der Waals surface area contributed by atoms with E-state index in [4.69, 9.17) is 0 Å². The molecule has 0 radical (unpaired) electrons. The first kappa shape index (κ1) is 17.4. The average molecular weight is 353 g/mol. The standard InChI is InChI=1S/C16H18F3N5O/c1-10-7-12(5-6-20-10)21-15(25)14-9-24(23-22-14)13-4-2-3-11(8-13)16(17,18)19/h2-4,8-10,12,20H,5-7H2,1H3,(H,21,25). The summed E-state index contributed by atoms with van der Waals surface area (Å²) in [7, 11) is 0. The zero-order valence-corrected chi connectivity index (χ0v) is 13.5. The predicted octanol–water partition coefficient (Wildman–Crippen LogP) is 2.16. The number of carbonyl (C=O) groups excluding carboxylic acids is 1. The summed E-state index contributed by atoms with van der Waals surface area (Å²) in [6.07, 6.45) is -1.48. The van der Waals surface area contributed by atoms with Gasteiger partial charge >= 0.3 is 6.18 Å². The summed E-state index contributed by atoms with van der Waals surface area (Å²) in [4.78, 5) is 12.3. The van der Waals surface area contributed by atoms with E-state index in [0.717, 1.165) is 36.2 Å². The Kier molecular flexibility index (Phi) is 4.76. The maximum Gasteiger partial charge on any atom is 0.416 e. The van der Waals surface area contributed by atoms with Crippen LogP contribution in [0.15, 0.2) is 30.5 Å². The van der Waals surface area contributed by atoms with Crippen molar-refractivity contribution < 1.29 is 18.0 Å². The molecule has 0 bridgehead atoms. The molecule has 134 valence electrons. The number of rotatable bonds is 3. The molecule has 3 rings (SSSR count). The number of halogens is 3. The van der Waals surface area contributed by atoms with E-state index in [9.17, 15) is 18.0 Å². The fourth-order valence-electron chi connectivity index (χ4n) is 2.84. The summed E-state index contributed by atoms with van der Waals surface area (Å²) in [6, 6.07) is 5.06. The highest BCUT2D eigenvalue weighted by Gasteiger charge is 2.30. The summed E-state index contributed by atoms with van der Waals surface area (Å²) in [5.41, 5.74) is -0.518. The van der Waals surface area contributed by atoms with Gasteiger partial charge < -0.3 is 10.6 Å². The van der Waals surface area contributed by atoms with Crippen LogP contribution in [0.5, 0.6) is 0 Å². The summed E-state index contributed by atoms with van der Waals surface area (Å²) in [5, 5.41) is 13.7. The highest BCUT2D eigenvalue weighted by Crippen LogP contribution is 2.30. The molecule has 1 saturated heterocycles. The molecule has 2 heterocycles. The number of benzene rings is 1. The van der Waals surface area contributed by atoms with Gasteiger partial charge in [0.05, 0.1) is 17.4 Å². The first-order valence-electron chi connectivity index (χ1n) is 7.97. The van der Waals surface area contributed by atoms with Gasteiger partial charge in [0.15, 0.2) is 5.69 Å². The smallest absolute Gasteiger partial charge is 0.348 e. The third kappa shape index (κ3) is 4.16. The van der Waals surface area contributed by atoms with E-state index in [-0.39, 0.29) is 23.3 Å². The van der Waals surface area contributed by atoms with Crippen molar-refractivity contribution >= 4 is 5.91 Å². The quantitative estimate of drug-likeness (QED) is 0.887. The highest BCUT2D eigenvalue weighted by molar-refractivity contribution is 5.92. The second-order valence-corrected chi connectivity index (χ2v) is 6.15. The van der Waals surface area contributed by atoms with Crippen LogP contribution < -0.4 is 10.6 Å². The Balaban J connectivity index is 1.73. The van der Waals surface area contributed by atoms with E-state index < -0.39 is 11.7 Å². The Morgan fingerprint density at radius 2 is 2.20 bits per heavy atom. The first-order chi connectivity index (χ1) is 11.8. The molecule has 1 fully saturated rings. The molecule has 2 atom stereocenters. The summed E-state index contributed by atoms with van der Waals surface area (Å²) in [6.45, 7) is 2.87. The van der Waals surface area contributed by atoms with Crippen LogP contribution in [0.25, 0.3) is 5.69 Å². The molecular formula is C16H18F3N5O. The molecule has 1 aromatic heterocycles. The maximum atomic E-state index is 12.8. The number of hydrogen-bond acceptors (Lipinski definition) is 4. The summed E-state index contributed by atoms with van der Waals surface area (Å²) < 4.78 is 39.5. The number of amides is 1. The molecule has 0 spiro atoms. The number of alkyl halides is 3. The number of nitrogens with zero attached hydrogens (tertiary/aromatic N) is 3. The van der Waals surface area contributed by atoms with Crippen LogP contribution in [0.3, 0.4) is 0 Å². The van der Waals surface area contributed by atoms with Crippen LogP contribution >= 0.6 is 0 Å². The number of nitrogens with one attached hydrogen (secondary N) is 2. The molecule has 0 aliphatic carbocycles. The van der Waals surface area contributed by atoms with Gasteiger partial charge in [0.1, 0.15) is 0 Å². The topological polar surface area (TPSA) is 71.8 Å². The zero-order chi connectivity index (χ0) is 18.0. The van der Waals surface area contributed by atoms with Crippen LogP contribution in [-0.4, -0.2) is 39.5 Å². The van der Waals surface area contributed by atoms with Crippen LogP contribution in [-0.2, 0) is 6.18 Å². The minimum absolute atomic E-state index is 0.0439. The summed E-state index contributed by atoms with van der Waals surface area (Å²) >= 11 is 0. The lowest BCUT2D eigenvalue weighted by Crippen LogP contribution is -2.46. The van der Waals surface area contributed by atoms with Crippen LogP contribution in [0.1, 0.15) is 35.8 Å². The van der Waals surface area contributed by atoms with Gasteiger partial charge in [-0.25, -0.2) is 4.68 Å². The van der Waals surface area contributed by atoms with Gasteiger partial charge in [-0.15, -0.1) is 5.10 Å². The molecule has 6 nitrogen and oxygen atoms in total. The van der Waals surface area contributed by atoms with Gasteiger partial charge in [-0.05, 0) is 44.5 Å². The number of carbonyl (C=O) groups is 1. The Morgan fingerprint density at radius 3 is 2.92 bits per heavy atom. The largest absolute Gasteiger partial charge is 0.416 e. The predicted molar refractivity (Wildman–Crippen MR) is 84.3 cm³/mol. The van der Waals surface area contributed by atoms with Crippen molar-refractivity contribution in [1.29, 1.82) is 0 Å². The van der Waals surface area contributed by atoms with Crippen molar-refractivity contribution in [1.82, 2.24) is 25.6 Å². The second kappa shape index (κ2) is 6.83. The van der Waals surface area contributed by atoms with E-state index in [2.05, 4.69) is 20.9 Å². The van der Waals surface area contributed by atoms with Crippen LogP contribution in [0, 0.1) is 0 Å². The number of aromatic nitrogens is 3. The van der Waals surface area contributed by atoms with E-state index >= 15 is 0 Å². The van der Waals surface area contributed by atoms with Crippen molar-refractivity contribution in [3.8, 4) is 5.69 Å². The van der Waals surface area contributed by atoms with Crippen molar-refractivity contribution in [2.75, 3.05) is 6.54 Å². The number of piperidine rings is 1. The normalized spacial score (nSPS) is 21.1. The Bertz CT molecular complexity index is 758. The summed E-state index contributed by atoms with van der Waals surface area (Å²) in [5.74, 6) is -0.377. The van der Waals surface area contributed by atoms with Gasteiger partial charge in [0.25, 0.3) is 5.91 Å². The Labute approximate surface area is 142 Å². The number of hydrogen-bond donors (Lipinski definition) is 2. The second-order valence-electron chi connectivity index (χ2n) is 6.15. The Hall–Kier alpha value is -2.42. The minimum Gasteiger partial charge on any atom is -0.348 e. The average Bonchev–Trinajstić information content (AvgIpc) is 3.04. The van der Waals surface area contributed by atoms with E-state index in [1.807, 2.05) is 6.92 Å². The van der Waals surface area contributed by atoms with Gasteiger partial charge in [-0.3, -0.25) is 4.79 Å². The van der Waals surface area contributed by atoms with Gasteiger partial charge in [0, 0.05) is 12.1 Å². The fourth-order valence-corrected chi connectivity index (χ4v) is 2.84. The molecule has 9 heteroatoms. The van der Waals surface area contributed by atoms with E-state index in [0.29, 0.717) is 6.04 Å². The lowest BCUT2D eigenvalue weighted by atomic mass is 10.0. The molecule has 0 saturated carbocycles. The lowest BCUT2D eigenvalue weighted by molar-refractivity contribution is -0.137. The molecule has 2 aromatic rings. The van der Waals surface area contributed by atoms with Crippen molar-refractivity contribution in [3.63, 3.8) is 0 Å². The van der Waals surface area contributed by atoms with Crippen LogP contribution in [0.4, 0.5) is 13.2 Å². The van der Waals surface area contributed by atoms with E-state index in [1.54, 1.807) is 0 Å². The molecule has 1 aromatic carbocycles. The maximum absolute atomic E-state index is 12.8. The molecule has 1 aliphatic rings. The van der Waals surface area contributed by atoms with Gasteiger partial charge in [-0.2, -0.15) is 13.2 Å².